The molecule has 0 saturated heterocycles. The predicted molar refractivity (Wildman–Crippen MR) is 46.0 cm³/mol. The molecule has 6 heteroatoms. The SMILES string of the molecule is CC(C)(C/C=C/[N+](=O)[O-])NC(=O)O. The quantitative estimate of drug-likeness (QED) is 0.512. The number of hydrogen-bond acceptors (Lipinski definition) is 3. The van der Waals surface area contributed by atoms with Crippen LogP contribution in [0.25, 0.3) is 0 Å². The predicted octanol–water partition coefficient (Wildman–Crippen LogP) is 1.21. The Balaban J connectivity index is 4.02. The van der Waals surface area contributed by atoms with E-state index in [4.69, 9.17) is 5.11 Å². The van der Waals surface area contributed by atoms with Crippen LogP contribution in [0.1, 0.15) is 20.3 Å². The van der Waals surface area contributed by atoms with E-state index < -0.39 is 16.6 Å². The number of nitrogens with zero attached hydrogens (tertiary/aromatic N) is 1. The topological polar surface area (TPSA) is 92.5 Å². The van der Waals surface area contributed by atoms with Crippen LogP contribution in [0.2, 0.25) is 0 Å². The van der Waals surface area contributed by atoms with Crippen LogP contribution in [-0.2, 0) is 0 Å². The number of carboxylic acid groups (broad SMARTS) is 1. The minimum atomic E-state index is -1.14. The second kappa shape index (κ2) is 4.44. The normalized spacial score (nSPS) is 11.5. The Hall–Kier alpha value is -1.59. The summed E-state index contributed by atoms with van der Waals surface area (Å²) in [5.41, 5.74) is -0.682. The molecule has 74 valence electrons. The molecule has 0 fully saturated rings. The summed E-state index contributed by atoms with van der Waals surface area (Å²) in [4.78, 5) is 19.5. The van der Waals surface area contributed by atoms with Crippen molar-refractivity contribution in [2.75, 3.05) is 0 Å². The van der Waals surface area contributed by atoms with Crippen molar-refractivity contribution in [1.29, 1.82) is 0 Å². The van der Waals surface area contributed by atoms with Gasteiger partial charge >= 0.3 is 6.09 Å². The number of nitrogens with one attached hydrogen (secondary N) is 1. The van der Waals surface area contributed by atoms with Gasteiger partial charge in [0.2, 0.25) is 6.20 Å². The molecule has 13 heavy (non-hydrogen) atoms. The Labute approximate surface area is 75.4 Å². The zero-order valence-corrected chi connectivity index (χ0v) is 7.48. The van der Waals surface area contributed by atoms with E-state index >= 15 is 0 Å². The van der Waals surface area contributed by atoms with E-state index in [1.807, 2.05) is 0 Å². The molecular weight excluding hydrogens is 176 g/mol. The Bertz CT molecular complexity index is 235. The Morgan fingerprint density at radius 3 is 2.62 bits per heavy atom. The summed E-state index contributed by atoms with van der Waals surface area (Å²) in [6.45, 7) is 3.29. The highest BCUT2D eigenvalue weighted by atomic mass is 16.6. The first-order valence-electron chi connectivity index (χ1n) is 3.65. The first kappa shape index (κ1) is 11.4. The van der Waals surface area contributed by atoms with Gasteiger partial charge in [0.15, 0.2) is 0 Å². The summed E-state index contributed by atoms with van der Waals surface area (Å²) >= 11 is 0. The lowest BCUT2D eigenvalue weighted by atomic mass is 10.0. The first-order chi connectivity index (χ1) is 5.83. The minimum absolute atomic E-state index is 0.278. The second-order valence-corrected chi connectivity index (χ2v) is 3.19. The molecule has 2 N–H and O–H groups in total. The molecule has 0 aliphatic heterocycles. The van der Waals surface area contributed by atoms with Gasteiger partial charge in [-0.3, -0.25) is 10.1 Å². The third-order valence-corrected chi connectivity index (χ3v) is 1.30. The van der Waals surface area contributed by atoms with Gasteiger partial charge in [-0.2, -0.15) is 0 Å². The molecule has 0 aliphatic rings. The lowest BCUT2D eigenvalue weighted by molar-refractivity contribution is -0.402. The van der Waals surface area contributed by atoms with E-state index in [0.29, 0.717) is 0 Å². The van der Waals surface area contributed by atoms with Crippen molar-refractivity contribution in [3.63, 3.8) is 0 Å². The van der Waals surface area contributed by atoms with Crippen LogP contribution in [0.4, 0.5) is 4.79 Å². The molecule has 0 radical (unpaired) electrons. The van der Waals surface area contributed by atoms with Crippen molar-refractivity contribution in [3.8, 4) is 0 Å². The van der Waals surface area contributed by atoms with Crippen molar-refractivity contribution in [1.82, 2.24) is 5.32 Å². The number of amides is 1. The van der Waals surface area contributed by atoms with Crippen molar-refractivity contribution < 1.29 is 14.8 Å². The fourth-order valence-electron chi connectivity index (χ4n) is 0.774. The first-order valence-corrected chi connectivity index (χ1v) is 3.65. The van der Waals surface area contributed by atoms with Crippen LogP contribution in [0.3, 0.4) is 0 Å². The lowest BCUT2D eigenvalue weighted by Crippen LogP contribution is -2.42. The number of rotatable bonds is 4. The smallest absolute Gasteiger partial charge is 0.405 e. The van der Waals surface area contributed by atoms with Crippen LogP contribution < -0.4 is 5.32 Å². The highest BCUT2D eigenvalue weighted by molar-refractivity contribution is 5.65. The summed E-state index contributed by atoms with van der Waals surface area (Å²) < 4.78 is 0. The highest BCUT2D eigenvalue weighted by Gasteiger charge is 2.18. The van der Waals surface area contributed by atoms with Crippen LogP contribution in [0.15, 0.2) is 12.3 Å². The van der Waals surface area contributed by atoms with Crippen molar-refractivity contribution in [3.05, 3.63) is 22.4 Å². The zero-order chi connectivity index (χ0) is 10.5. The van der Waals surface area contributed by atoms with Gasteiger partial charge in [0, 0.05) is 5.54 Å². The van der Waals surface area contributed by atoms with Gasteiger partial charge < -0.3 is 10.4 Å². The number of nitro groups is 1. The highest BCUT2D eigenvalue weighted by Crippen LogP contribution is 2.08. The minimum Gasteiger partial charge on any atom is -0.465 e. The standard InChI is InChI=1S/C7H12N2O4/c1-7(2,8-6(10)11)4-3-5-9(12)13/h3,5,8H,4H2,1-2H3,(H,10,11)/b5-3+. The fraction of sp³-hybridized carbons (Fsp3) is 0.571. The summed E-state index contributed by atoms with van der Waals surface area (Å²) in [6.07, 6.45) is 1.25. The van der Waals surface area contributed by atoms with Crippen molar-refractivity contribution in [2.24, 2.45) is 0 Å². The maximum Gasteiger partial charge on any atom is 0.405 e. The van der Waals surface area contributed by atoms with Crippen LogP contribution in [0, 0.1) is 10.1 Å². The van der Waals surface area contributed by atoms with E-state index in [1.54, 1.807) is 13.8 Å². The molecule has 1 amide bonds. The third kappa shape index (κ3) is 6.79. The average Bonchev–Trinajstić information content (AvgIpc) is 1.81. The zero-order valence-electron chi connectivity index (χ0n) is 7.48. The number of hydrogen-bond donors (Lipinski definition) is 2. The Kier molecular flexibility index (Phi) is 3.90. The molecule has 0 rings (SSSR count). The average molecular weight is 188 g/mol. The summed E-state index contributed by atoms with van der Waals surface area (Å²) in [6, 6.07) is 0. The van der Waals surface area contributed by atoms with Gasteiger partial charge in [-0.15, -0.1) is 0 Å². The molecule has 0 aromatic carbocycles. The van der Waals surface area contributed by atoms with Crippen LogP contribution >= 0.6 is 0 Å². The van der Waals surface area contributed by atoms with Gasteiger partial charge in [0.1, 0.15) is 0 Å². The lowest BCUT2D eigenvalue weighted by Gasteiger charge is -2.21. The molecular formula is C7H12N2O4. The van der Waals surface area contributed by atoms with Gasteiger partial charge in [-0.05, 0) is 26.3 Å². The van der Waals surface area contributed by atoms with Gasteiger partial charge in [-0.25, -0.2) is 4.79 Å². The monoisotopic (exact) mass is 188 g/mol. The number of carbonyl (C=O) groups is 1. The van der Waals surface area contributed by atoms with E-state index in [2.05, 4.69) is 5.32 Å². The van der Waals surface area contributed by atoms with E-state index in [9.17, 15) is 14.9 Å². The van der Waals surface area contributed by atoms with Crippen molar-refractivity contribution in [2.45, 2.75) is 25.8 Å². The summed E-state index contributed by atoms with van der Waals surface area (Å²) in [7, 11) is 0. The molecule has 0 aromatic heterocycles. The molecule has 0 unspecified atom stereocenters. The molecule has 0 saturated carbocycles. The third-order valence-electron chi connectivity index (χ3n) is 1.30. The molecule has 0 aliphatic carbocycles. The molecule has 0 atom stereocenters. The Morgan fingerprint density at radius 2 is 2.23 bits per heavy atom. The largest absolute Gasteiger partial charge is 0.465 e. The Morgan fingerprint density at radius 1 is 1.69 bits per heavy atom. The van der Waals surface area contributed by atoms with Gasteiger partial charge in [-0.1, -0.05) is 0 Å². The van der Waals surface area contributed by atoms with Crippen LogP contribution in [-0.4, -0.2) is 21.7 Å². The van der Waals surface area contributed by atoms with Crippen LogP contribution in [0.5, 0.6) is 0 Å². The van der Waals surface area contributed by atoms with Crippen molar-refractivity contribution >= 4 is 6.09 Å². The van der Waals surface area contributed by atoms with Gasteiger partial charge in [0.05, 0.1) is 4.92 Å². The van der Waals surface area contributed by atoms with E-state index in [0.717, 1.165) is 6.20 Å². The maximum absolute atomic E-state index is 10.2. The maximum atomic E-state index is 10.2. The summed E-state index contributed by atoms with van der Waals surface area (Å²) in [5, 5.41) is 20.5. The van der Waals surface area contributed by atoms with E-state index in [-0.39, 0.29) is 6.42 Å². The molecule has 6 nitrogen and oxygen atoms in total. The molecule has 0 bridgehead atoms. The van der Waals surface area contributed by atoms with Gasteiger partial charge in [0.25, 0.3) is 0 Å². The molecule has 0 heterocycles. The molecule has 0 aromatic rings. The molecule has 0 spiro atoms. The second-order valence-electron chi connectivity index (χ2n) is 3.19. The summed E-state index contributed by atoms with van der Waals surface area (Å²) in [5.74, 6) is 0. The fourth-order valence-corrected chi connectivity index (χ4v) is 0.774. The van der Waals surface area contributed by atoms with E-state index in [1.165, 1.54) is 6.08 Å².